The molecule has 1 aromatic carbocycles. The molecule has 0 aliphatic carbocycles. The summed E-state index contributed by atoms with van der Waals surface area (Å²) in [5.41, 5.74) is 6.57. The number of nitrogen functional groups attached to an aromatic ring is 1. The highest BCUT2D eigenvalue weighted by Crippen LogP contribution is 2.17. The maximum atomic E-state index is 12.2. The summed E-state index contributed by atoms with van der Waals surface area (Å²) in [6.07, 6.45) is 3.01. The van der Waals surface area contributed by atoms with E-state index < -0.39 is 0 Å². The summed E-state index contributed by atoms with van der Waals surface area (Å²) in [6.45, 7) is 0.794. The molecule has 6 heteroatoms. The number of rotatable bonds is 5. The van der Waals surface area contributed by atoms with E-state index in [-0.39, 0.29) is 5.91 Å². The number of nitrogens with two attached hydrogens (primary N) is 1. The van der Waals surface area contributed by atoms with Gasteiger partial charge in [0.05, 0.1) is 12.1 Å². The molecule has 2 N–H and O–H groups in total. The Labute approximate surface area is 128 Å². The van der Waals surface area contributed by atoms with E-state index in [1.54, 1.807) is 31.4 Å². The van der Waals surface area contributed by atoms with Crippen molar-refractivity contribution in [1.82, 2.24) is 9.88 Å². The van der Waals surface area contributed by atoms with Crippen molar-refractivity contribution < 1.29 is 9.53 Å². The predicted octanol–water partition coefficient (Wildman–Crippen LogP) is 2.47. The Hall–Kier alpha value is -2.27. The molecule has 0 unspecified atom stereocenters. The summed E-state index contributed by atoms with van der Waals surface area (Å²) < 4.78 is 5.55. The summed E-state index contributed by atoms with van der Waals surface area (Å²) in [4.78, 5) is 17.6. The van der Waals surface area contributed by atoms with E-state index in [2.05, 4.69) is 4.98 Å². The molecule has 0 bridgehead atoms. The van der Waals surface area contributed by atoms with Gasteiger partial charge in [-0.1, -0.05) is 17.7 Å². The third-order valence-electron chi connectivity index (χ3n) is 2.92. The maximum Gasteiger partial charge on any atom is 0.257 e. The zero-order chi connectivity index (χ0) is 15.2. The third-order valence-corrected chi connectivity index (χ3v) is 3.16. The highest BCUT2D eigenvalue weighted by molar-refractivity contribution is 6.30. The Balaban J connectivity index is 1.89. The normalized spacial score (nSPS) is 10.2. The second kappa shape index (κ2) is 6.95. The van der Waals surface area contributed by atoms with E-state index >= 15 is 0 Å². The number of carbonyl (C=O) groups excluding carboxylic acids is 1. The quantitative estimate of drug-likeness (QED) is 0.921. The number of halogens is 1. The summed E-state index contributed by atoms with van der Waals surface area (Å²) in [7, 11) is 1.69. The molecule has 0 radical (unpaired) electrons. The van der Waals surface area contributed by atoms with Gasteiger partial charge in [-0.25, -0.2) is 0 Å². The van der Waals surface area contributed by atoms with Crippen molar-refractivity contribution in [3.63, 3.8) is 0 Å². The van der Waals surface area contributed by atoms with Crippen LogP contribution >= 0.6 is 11.6 Å². The van der Waals surface area contributed by atoms with Gasteiger partial charge in [-0.2, -0.15) is 0 Å². The zero-order valence-electron chi connectivity index (χ0n) is 11.6. The minimum Gasteiger partial charge on any atom is -0.492 e. The fraction of sp³-hybridized carbons (Fsp3) is 0.200. The summed E-state index contributed by atoms with van der Waals surface area (Å²) in [6, 6.07) is 8.72. The Morgan fingerprint density at radius 2 is 2.24 bits per heavy atom. The second-order valence-electron chi connectivity index (χ2n) is 4.50. The standard InChI is InChI=1S/C15H16ClN3O2/c1-19(15(20)13-10-18-6-5-14(13)17)7-8-21-12-4-2-3-11(16)9-12/h2-6,9-10H,7-8H2,1H3,(H2,17,18). The lowest BCUT2D eigenvalue weighted by Crippen LogP contribution is -2.31. The minimum absolute atomic E-state index is 0.185. The molecule has 0 atom stereocenters. The van der Waals surface area contributed by atoms with Crippen LogP contribution in [0.3, 0.4) is 0 Å². The molecule has 0 aliphatic rings. The lowest BCUT2D eigenvalue weighted by Gasteiger charge is -2.18. The van der Waals surface area contributed by atoms with Gasteiger partial charge in [-0.15, -0.1) is 0 Å². The molecular weight excluding hydrogens is 290 g/mol. The fourth-order valence-corrected chi connectivity index (χ4v) is 1.93. The Kier molecular flexibility index (Phi) is 5.00. The van der Waals surface area contributed by atoms with Crippen molar-refractivity contribution in [2.24, 2.45) is 0 Å². The topological polar surface area (TPSA) is 68.5 Å². The average molecular weight is 306 g/mol. The summed E-state index contributed by atoms with van der Waals surface area (Å²) >= 11 is 5.87. The van der Waals surface area contributed by atoms with Gasteiger partial charge in [0, 0.05) is 30.2 Å². The highest BCUT2D eigenvalue weighted by Gasteiger charge is 2.14. The number of nitrogens with zero attached hydrogens (tertiary/aromatic N) is 2. The molecule has 1 amide bonds. The molecule has 5 nitrogen and oxygen atoms in total. The molecule has 1 aromatic heterocycles. The zero-order valence-corrected chi connectivity index (χ0v) is 12.4. The van der Waals surface area contributed by atoms with Crippen LogP contribution in [0.4, 0.5) is 5.69 Å². The number of likely N-dealkylation sites (N-methyl/N-ethyl adjacent to an activating group) is 1. The van der Waals surface area contributed by atoms with E-state index in [1.165, 1.54) is 11.1 Å². The summed E-state index contributed by atoms with van der Waals surface area (Å²) in [5, 5.41) is 0.611. The van der Waals surface area contributed by atoms with Crippen LogP contribution in [0.5, 0.6) is 5.75 Å². The molecule has 0 aliphatic heterocycles. The van der Waals surface area contributed by atoms with E-state index in [1.807, 2.05) is 12.1 Å². The average Bonchev–Trinajstić information content (AvgIpc) is 2.47. The van der Waals surface area contributed by atoms with Crippen molar-refractivity contribution >= 4 is 23.2 Å². The first-order valence-corrected chi connectivity index (χ1v) is 6.79. The monoisotopic (exact) mass is 305 g/mol. The Bertz CT molecular complexity index is 634. The lowest BCUT2D eigenvalue weighted by molar-refractivity contribution is 0.0774. The van der Waals surface area contributed by atoms with Gasteiger partial charge in [0.15, 0.2) is 0 Å². The second-order valence-corrected chi connectivity index (χ2v) is 4.93. The van der Waals surface area contributed by atoms with Crippen LogP contribution in [0.25, 0.3) is 0 Å². The van der Waals surface area contributed by atoms with E-state index in [4.69, 9.17) is 22.1 Å². The van der Waals surface area contributed by atoms with Crippen molar-refractivity contribution in [3.05, 3.63) is 53.3 Å². The molecule has 110 valence electrons. The van der Waals surface area contributed by atoms with Crippen LogP contribution in [0.15, 0.2) is 42.7 Å². The van der Waals surface area contributed by atoms with Gasteiger partial charge < -0.3 is 15.4 Å². The van der Waals surface area contributed by atoms with Crippen LogP contribution in [-0.4, -0.2) is 36.0 Å². The first kappa shape index (κ1) is 15.1. The molecule has 1 heterocycles. The number of hydrogen-bond acceptors (Lipinski definition) is 4. The van der Waals surface area contributed by atoms with Gasteiger partial charge in [0.2, 0.25) is 0 Å². The van der Waals surface area contributed by atoms with Gasteiger partial charge in [0.1, 0.15) is 12.4 Å². The summed E-state index contributed by atoms with van der Waals surface area (Å²) in [5.74, 6) is 0.486. The van der Waals surface area contributed by atoms with Gasteiger partial charge in [-0.3, -0.25) is 9.78 Å². The molecule has 0 saturated heterocycles. The Morgan fingerprint density at radius 1 is 1.43 bits per heavy atom. The van der Waals surface area contributed by atoms with Crippen molar-refractivity contribution in [1.29, 1.82) is 0 Å². The molecule has 0 fully saturated rings. The Morgan fingerprint density at radius 3 is 2.95 bits per heavy atom. The van der Waals surface area contributed by atoms with Crippen LogP contribution in [-0.2, 0) is 0 Å². The number of aromatic nitrogens is 1. The number of pyridine rings is 1. The number of benzene rings is 1. The molecular formula is C15H16ClN3O2. The van der Waals surface area contributed by atoms with Crippen molar-refractivity contribution in [3.8, 4) is 5.75 Å². The smallest absolute Gasteiger partial charge is 0.257 e. The van der Waals surface area contributed by atoms with Crippen molar-refractivity contribution in [2.45, 2.75) is 0 Å². The molecule has 2 aromatic rings. The number of hydrogen-bond donors (Lipinski definition) is 1. The first-order chi connectivity index (χ1) is 10.1. The number of ether oxygens (including phenoxy) is 1. The SMILES string of the molecule is CN(CCOc1cccc(Cl)c1)C(=O)c1cnccc1N. The van der Waals surface area contributed by atoms with Gasteiger partial charge in [0.25, 0.3) is 5.91 Å². The van der Waals surface area contributed by atoms with Crippen LogP contribution in [0.2, 0.25) is 5.02 Å². The molecule has 21 heavy (non-hydrogen) atoms. The van der Waals surface area contributed by atoms with Crippen molar-refractivity contribution in [2.75, 3.05) is 25.9 Å². The predicted molar refractivity (Wildman–Crippen MR) is 82.6 cm³/mol. The van der Waals surface area contributed by atoms with E-state index in [9.17, 15) is 4.79 Å². The van der Waals surface area contributed by atoms with Gasteiger partial charge >= 0.3 is 0 Å². The highest BCUT2D eigenvalue weighted by atomic mass is 35.5. The lowest BCUT2D eigenvalue weighted by atomic mass is 10.2. The first-order valence-electron chi connectivity index (χ1n) is 6.41. The largest absolute Gasteiger partial charge is 0.492 e. The third kappa shape index (κ3) is 4.10. The van der Waals surface area contributed by atoms with E-state index in [0.29, 0.717) is 35.2 Å². The molecule has 2 rings (SSSR count). The number of carbonyl (C=O) groups is 1. The molecule has 0 saturated carbocycles. The van der Waals surface area contributed by atoms with Crippen LogP contribution in [0, 0.1) is 0 Å². The van der Waals surface area contributed by atoms with Crippen LogP contribution < -0.4 is 10.5 Å². The number of amides is 1. The maximum absolute atomic E-state index is 12.2. The van der Waals surface area contributed by atoms with E-state index in [0.717, 1.165) is 0 Å². The van der Waals surface area contributed by atoms with Gasteiger partial charge in [-0.05, 0) is 24.3 Å². The fourth-order valence-electron chi connectivity index (χ4n) is 1.75. The molecule has 0 spiro atoms. The van der Waals surface area contributed by atoms with Crippen LogP contribution in [0.1, 0.15) is 10.4 Å². The number of anilines is 1. The minimum atomic E-state index is -0.185.